The summed E-state index contributed by atoms with van der Waals surface area (Å²) in [5, 5.41) is 3.31. The highest BCUT2D eigenvalue weighted by atomic mass is 16.5. The van der Waals surface area contributed by atoms with Crippen LogP contribution in [-0.4, -0.2) is 18.6 Å². The highest BCUT2D eigenvalue weighted by molar-refractivity contribution is 5.72. The fraction of sp³-hybridized carbons (Fsp3) is 0.750. The Morgan fingerprint density at radius 1 is 1.89 bits per heavy atom. The fourth-order valence-electron chi connectivity index (χ4n) is 0.647. The summed E-state index contributed by atoms with van der Waals surface area (Å²) < 4.78 is 4.51. The molecule has 1 heterocycles. The number of esters is 1. The van der Waals surface area contributed by atoms with Gasteiger partial charge in [-0.05, 0) is 5.53 Å². The van der Waals surface area contributed by atoms with Gasteiger partial charge in [-0.3, -0.25) is 4.79 Å². The molecule has 5 nitrogen and oxygen atoms in total. The fourth-order valence-corrected chi connectivity index (χ4v) is 0.647. The van der Waals surface area contributed by atoms with Crippen molar-refractivity contribution in [3.05, 3.63) is 10.4 Å². The summed E-state index contributed by atoms with van der Waals surface area (Å²) in [6.45, 7) is 0.239. The molecular formula is C4H5N3O2. The average Bonchev–Trinajstić information content (AvgIpc) is 2.17. The Balaban J connectivity index is 2.48. The number of carbonyl (C=O) groups excluding carboxylic acids is 1. The minimum absolute atomic E-state index is 0.226. The third-order valence-electron chi connectivity index (χ3n) is 1.05. The summed E-state index contributed by atoms with van der Waals surface area (Å²) in [4.78, 5) is 12.9. The van der Waals surface area contributed by atoms with E-state index >= 15 is 0 Å². The van der Waals surface area contributed by atoms with Gasteiger partial charge in [-0.25, -0.2) is 0 Å². The van der Waals surface area contributed by atoms with Crippen molar-refractivity contribution >= 4 is 5.97 Å². The molecule has 0 aromatic carbocycles. The molecule has 0 aromatic rings. The first kappa shape index (κ1) is 5.91. The molecule has 5 heteroatoms. The molecule has 0 aliphatic carbocycles. The lowest BCUT2D eigenvalue weighted by Crippen LogP contribution is -1.99. The van der Waals surface area contributed by atoms with Gasteiger partial charge in [-0.15, -0.1) is 0 Å². The molecular weight excluding hydrogens is 122 g/mol. The number of ether oxygens (including phenoxy) is 1. The lowest BCUT2D eigenvalue weighted by molar-refractivity contribution is -0.137. The number of hydrogen-bond acceptors (Lipinski definition) is 3. The van der Waals surface area contributed by atoms with Crippen LogP contribution in [-0.2, 0) is 9.53 Å². The van der Waals surface area contributed by atoms with Crippen LogP contribution in [0.1, 0.15) is 6.42 Å². The van der Waals surface area contributed by atoms with E-state index in [-0.39, 0.29) is 25.0 Å². The van der Waals surface area contributed by atoms with Crippen LogP contribution in [0.15, 0.2) is 5.11 Å². The Morgan fingerprint density at radius 2 is 2.67 bits per heavy atom. The monoisotopic (exact) mass is 127 g/mol. The third-order valence-corrected chi connectivity index (χ3v) is 1.05. The Morgan fingerprint density at radius 3 is 3.11 bits per heavy atom. The van der Waals surface area contributed by atoms with E-state index in [9.17, 15) is 4.79 Å². The third kappa shape index (κ3) is 1.33. The van der Waals surface area contributed by atoms with Gasteiger partial charge in [0.25, 0.3) is 0 Å². The highest BCUT2D eigenvalue weighted by Crippen LogP contribution is 2.08. The SMILES string of the molecule is [N-]=[N+]=NC1COC(=O)C1. The molecule has 1 aliphatic rings. The molecule has 0 amide bonds. The van der Waals surface area contributed by atoms with E-state index in [0.29, 0.717) is 0 Å². The summed E-state index contributed by atoms with van der Waals surface area (Å²) in [5.74, 6) is -0.285. The van der Waals surface area contributed by atoms with Gasteiger partial charge < -0.3 is 4.74 Å². The second-order valence-corrected chi connectivity index (χ2v) is 1.75. The molecule has 0 aromatic heterocycles. The van der Waals surface area contributed by atoms with Crippen molar-refractivity contribution in [3.63, 3.8) is 0 Å². The highest BCUT2D eigenvalue weighted by Gasteiger charge is 2.21. The van der Waals surface area contributed by atoms with E-state index in [1.54, 1.807) is 0 Å². The van der Waals surface area contributed by atoms with Crippen molar-refractivity contribution in [2.75, 3.05) is 6.61 Å². The molecule has 48 valence electrons. The van der Waals surface area contributed by atoms with Gasteiger partial charge in [0.05, 0.1) is 12.5 Å². The Bertz CT molecular complexity index is 173. The summed E-state index contributed by atoms with van der Waals surface area (Å²) in [6, 6.07) is -0.275. The average molecular weight is 127 g/mol. The number of hydrogen-bond donors (Lipinski definition) is 0. The number of cyclic esters (lactones) is 1. The first-order valence-corrected chi connectivity index (χ1v) is 2.53. The Kier molecular flexibility index (Phi) is 1.55. The number of rotatable bonds is 1. The first-order chi connectivity index (χ1) is 4.33. The van der Waals surface area contributed by atoms with Crippen LogP contribution in [0.4, 0.5) is 0 Å². The van der Waals surface area contributed by atoms with Crippen LogP contribution in [0.5, 0.6) is 0 Å². The Hall–Kier alpha value is -1.22. The smallest absolute Gasteiger partial charge is 0.306 e. The lowest BCUT2D eigenvalue weighted by atomic mass is 10.3. The minimum Gasteiger partial charge on any atom is -0.465 e. The maximum atomic E-state index is 10.3. The largest absolute Gasteiger partial charge is 0.465 e. The summed E-state index contributed by atoms with van der Waals surface area (Å²) >= 11 is 0. The predicted octanol–water partition coefficient (Wildman–Crippen LogP) is 0.612. The van der Waals surface area contributed by atoms with E-state index in [2.05, 4.69) is 14.8 Å². The predicted molar refractivity (Wildman–Crippen MR) is 28.5 cm³/mol. The van der Waals surface area contributed by atoms with E-state index in [1.165, 1.54) is 0 Å². The quantitative estimate of drug-likeness (QED) is 0.224. The van der Waals surface area contributed by atoms with E-state index in [1.807, 2.05) is 0 Å². The van der Waals surface area contributed by atoms with Gasteiger partial charge in [0.2, 0.25) is 0 Å². The first-order valence-electron chi connectivity index (χ1n) is 2.53. The summed E-state index contributed by atoms with van der Waals surface area (Å²) in [6.07, 6.45) is 0.226. The molecule has 1 atom stereocenters. The van der Waals surface area contributed by atoms with Gasteiger partial charge in [0, 0.05) is 4.91 Å². The van der Waals surface area contributed by atoms with Crippen molar-refractivity contribution < 1.29 is 9.53 Å². The van der Waals surface area contributed by atoms with Crippen LogP contribution in [0.3, 0.4) is 0 Å². The second-order valence-electron chi connectivity index (χ2n) is 1.75. The molecule has 0 bridgehead atoms. The van der Waals surface area contributed by atoms with Crippen LogP contribution in [0.2, 0.25) is 0 Å². The second kappa shape index (κ2) is 2.37. The summed E-state index contributed by atoms with van der Waals surface area (Å²) in [7, 11) is 0. The minimum atomic E-state index is -0.285. The van der Waals surface area contributed by atoms with Crippen LogP contribution in [0.25, 0.3) is 10.4 Å². The van der Waals surface area contributed by atoms with Crippen molar-refractivity contribution in [3.8, 4) is 0 Å². The molecule has 0 spiro atoms. The van der Waals surface area contributed by atoms with Gasteiger partial charge in [-0.2, -0.15) is 0 Å². The van der Waals surface area contributed by atoms with Crippen molar-refractivity contribution in [1.29, 1.82) is 0 Å². The maximum Gasteiger partial charge on any atom is 0.306 e. The van der Waals surface area contributed by atoms with Gasteiger partial charge in [-0.1, -0.05) is 5.11 Å². The van der Waals surface area contributed by atoms with Gasteiger partial charge in [0.15, 0.2) is 0 Å². The van der Waals surface area contributed by atoms with Crippen LogP contribution >= 0.6 is 0 Å². The number of azide groups is 1. The molecule has 1 saturated heterocycles. The molecule has 1 unspecified atom stereocenters. The van der Waals surface area contributed by atoms with Crippen molar-refractivity contribution in [1.82, 2.24) is 0 Å². The van der Waals surface area contributed by atoms with E-state index in [0.717, 1.165) is 0 Å². The van der Waals surface area contributed by atoms with E-state index in [4.69, 9.17) is 5.53 Å². The van der Waals surface area contributed by atoms with Crippen molar-refractivity contribution in [2.24, 2.45) is 5.11 Å². The molecule has 9 heavy (non-hydrogen) atoms. The zero-order valence-corrected chi connectivity index (χ0v) is 4.65. The normalized spacial score (nSPS) is 24.9. The summed E-state index contributed by atoms with van der Waals surface area (Å²) in [5.41, 5.74) is 7.90. The molecule has 0 saturated carbocycles. The van der Waals surface area contributed by atoms with Gasteiger partial charge >= 0.3 is 5.97 Å². The topological polar surface area (TPSA) is 75.1 Å². The number of nitrogens with zero attached hydrogens (tertiary/aromatic N) is 3. The van der Waals surface area contributed by atoms with Crippen molar-refractivity contribution in [2.45, 2.75) is 12.5 Å². The maximum absolute atomic E-state index is 10.3. The van der Waals surface area contributed by atoms with E-state index < -0.39 is 0 Å². The molecule has 0 radical (unpaired) electrons. The number of carbonyl (C=O) groups is 1. The standard InChI is InChI=1S/C4H5N3O2/c5-7-6-3-1-4(8)9-2-3/h3H,1-2H2. The van der Waals surface area contributed by atoms with Gasteiger partial charge in [0.1, 0.15) is 6.61 Å². The molecule has 0 N–H and O–H groups in total. The molecule has 1 aliphatic heterocycles. The Labute approximate surface area is 51.2 Å². The zero-order valence-electron chi connectivity index (χ0n) is 4.65. The van der Waals surface area contributed by atoms with Crippen LogP contribution < -0.4 is 0 Å². The molecule has 1 fully saturated rings. The zero-order chi connectivity index (χ0) is 6.69. The molecule has 1 rings (SSSR count). The van der Waals surface area contributed by atoms with Crippen LogP contribution in [0, 0.1) is 0 Å². The lowest BCUT2D eigenvalue weighted by Gasteiger charge is -1.89.